The van der Waals surface area contributed by atoms with E-state index in [1.807, 2.05) is 6.20 Å². The van der Waals surface area contributed by atoms with Gasteiger partial charge in [-0.1, -0.05) is 0 Å². The number of nitrogen functional groups attached to an aromatic ring is 1. The third-order valence-corrected chi connectivity index (χ3v) is 3.12. The Bertz CT molecular complexity index is 721. The third-order valence-electron chi connectivity index (χ3n) is 3.12. The number of esters is 1. The van der Waals surface area contributed by atoms with E-state index < -0.39 is 0 Å². The molecule has 0 spiro atoms. The van der Waals surface area contributed by atoms with Gasteiger partial charge in [0.15, 0.2) is 11.2 Å². The van der Waals surface area contributed by atoms with E-state index in [1.165, 1.54) is 14.2 Å². The second-order valence-electron chi connectivity index (χ2n) is 4.40. The van der Waals surface area contributed by atoms with E-state index in [-0.39, 0.29) is 17.8 Å². The Morgan fingerprint density at radius 3 is 3.00 bits per heavy atom. The van der Waals surface area contributed by atoms with Crippen LogP contribution in [0.5, 0.6) is 5.88 Å². The van der Waals surface area contributed by atoms with Crippen molar-refractivity contribution in [2.24, 2.45) is 5.92 Å². The summed E-state index contributed by atoms with van der Waals surface area (Å²) >= 11 is 0. The van der Waals surface area contributed by atoms with E-state index in [1.54, 1.807) is 10.9 Å². The molecule has 0 aromatic carbocycles. The molecular weight excluding hydrogens is 262 g/mol. The molecule has 0 aliphatic heterocycles. The SMILES string of the molecule is COC(=O)C1C/C1=C/n1cnc2c(OC)nc(N)nc21. The normalized spacial score (nSPS) is 19.3. The van der Waals surface area contributed by atoms with Crippen molar-refractivity contribution in [3.8, 4) is 5.88 Å². The van der Waals surface area contributed by atoms with Crippen molar-refractivity contribution in [1.29, 1.82) is 0 Å². The third kappa shape index (κ3) is 1.94. The first-order valence-corrected chi connectivity index (χ1v) is 5.96. The van der Waals surface area contributed by atoms with Gasteiger partial charge in [0.2, 0.25) is 11.8 Å². The van der Waals surface area contributed by atoms with Gasteiger partial charge in [0, 0.05) is 6.20 Å². The molecule has 104 valence electrons. The zero-order valence-electron chi connectivity index (χ0n) is 11.0. The maximum absolute atomic E-state index is 11.4. The molecule has 8 heteroatoms. The van der Waals surface area contributed by atoms with Gasteiger partial charge in [0.05, 0.1) is 20.1 Å². The second kappa shape index (κ2) is 4.48. The van der Waals surface area contributed by atoms with E-state index >= 15 is 0 Å². The molecule has 0 radical (unpaired) electrons. The van der Waals surface area contributed by atoms with Gasteiger partial charge in [-0.2, -0.15) is 9.97 Å². The lowest BCUT2D eigenvalue weighted by Gasteiger charge is -2.01. The summed E-state index contributed by atoms with van der Waals surface area (Å²) in [5, 5.41) is 0. The molecule has 1 aliphatic rings. The summed E-state index contributed by atoms with van der Waals surface area (Å²) < 4.78 is 11.5. The highest BCUT2D eigenvalue weighted by Crippen LogP contribution is 2.39. The first kappa shape index (κ1) is 12.4. The minimum Gasteiger partial charge on any atom is -0.479 e. The van der Waals surface area contributed by atoms with Crippen LogP contribution in [0.4, 0.5) is 5.95 Å². The largest absolute Gasteiger partial charge is 0.479 e. The number of fused-ring (bicyclic) bond motifs is 1. The molecule has 1 unspecified atom stereocenters. The molecule has 1 atom stereocenters. The first-order valence-electron chi connectivity index (χ1n) is 5.96. The molecule has 1 saturated carbocycles. The smallest absolute Gasteiger partial charge is 0.313 e. The summed E-state index contributed by atoms with van der Waals surface area (Å²) in [6.45, 7) is 0. The maximum atomic E-state index is 11.4. The summed E-state index contributed by atoms with van der Waals surface area (Å²) in [6, 6.07) is 0. The number of hydrogen-bond acceptors (Lipinski definition) is 7. The highest BCUT2D eigenvalue weighted by atomic mass is 16.5. The van der Waals surface area contributed by atoms with Crippen LogP contribution in [0, 0.1) is 5.92 Å². The molecule has 8 nitrogen and oxygen atoms in total. The van der Waals surface area contributed by atoms with Crippen LogP contribution in [-0.2, 0) is 9.53 Å². The molecule has 20 heavy (non-hydrogen) atoms. The van der Waals surface area contributed by atoms with Crippen molar-refractivity contribution in [3.05, 3.63) is 11.9 Å². The van der Waals surface area contributed by atoms with Crippen molar-refractivity contribution >= 4 is 29.3 Å². The van der Waals surface area contributed by atoms with Crippen LogP contribution in [-0.4, -0.2) is 39.7 Å². The number of nitrogens with two attached hydrogens (primary N) is 1. The average molecular weight is 275 g/mol. The molecule has 2 aromatic rings. The van der Waals surface area contributed by atoms with E-state index in [9.17, 15) is 4.79 Å². The molecule has 0 bridgehead atoms. The van der Waals surface area contributed by atoms with Crippen molar-refractivity contribution in [2.75, 3.05) is 20.0 Å². The number of imidazole rings is 1. The number of rotatable bonds is 3. The number of methoxy groups -OCH3 is 2. The average Bonchev–Trinajstić information content (AvgIpc) is 3.11. The Morgan fingerprint density at radius 2 is 2.30 bits per heavy atom. The van der Waals surface area contributed by atoms with E-state index in [0.29, 0.717) is 23.5 Å². The predicted molar refractivity (Wildman–Crippen MR) is 70.7 cm³/mol. The second-order valence-corrected chi connectivity index (χ2v) is 4.40. The lowest BCUT2D eigenvalue weighted by atomic mass is 10.4. The Labute approximate surface area is 114 Å². The first-order chi connectivity index (χ1) is 9.63. The van der Waals surface area contributed by atoms with Crippen LogP contribution >= 0.6 is 0 Å². The fraction of sp³-hybridized carbons (Fsp3) is 0.333. The van der Waals surface area contributed by atoms with E-state index in [2.05, 4.69) is 15.0 Å². The summed E-state index contributed by atoms with van der Waals surface area (Å²) in [5.74, 6) is 0.0331. The van der Waals surface area contributed by atoms with Crippen LogP contribution in [0.1, 0.15) is 6.42 Å². The molecule has 1 aliphatic carbocycles. The van der Waals surface area contributed by atoms with Crippen LogP contribution in [0.25, 0.3) is 17.4 Å². The monoisotopic (exact) mass is 275 g/mol. The highest BCUT2D eigenvalue weighted by Gasteiger charge is 2.38. The van der Waals surface area contributed by atoms with Gasteiger partial charge in [-0.25, -0.2) is 4.98 Å². The number of hydrogen-bond donors (Lipinski definition) is 1. The summed E-state index contributed by atoms with van der Waals surface area (Å²) in [5.41, 5.74) is 7.66. The van der Waals surface area contributed by atoms with Gasteiger partial charge in [-0.15, -0.1) is 0 Å². The zero-order chi connectivity index (χ0) is 14.3. The Hall–Kier alpha value is -2.64. The number of aromatic nitrogens is 4. The number of carbonyl (C=O) groups is 1. The molecule has 0 amide bonds. The minimum atomic E-state index is -0.229. The molecular formula is C12H13N5O3. The van der Waals surface area contributed by atoms with Crippen molar-refractivity contribution < 1.29 is 14.3 Å². The van der Waals surface area contributed by atoms with Crippen LogP contribution in [0.3, 0.4) is 0 Å². The van der Waals surface area contributed by atoms with Gasteiger partial charge < -0.3 is 15.2 Å². The van der Waals surface area contributed by atoms with Crippen LogP contribution in [0.2, 0.25) is 0 Å². The fourth-order valence-corrected chi connectivity index (χ4v) is 2.02. The molecule has 2 heterocycles. The fourth-order valence-electron chi connectivity index (χ4n) is 2.02. The number of carbonyl (C=O) groups excluding carboxylic acids is 1. The molecule has 0 saturated heterocycles. The number of anilines is 1. The number of ether oxygens (including phenoxy) is 2. The molecule has 1 fully saturated rings. The van der Waals surface area contributed by atoms with E-state index in [4.69, 9.17) is 15.2 Å². The topological polar surface area (TPSA) is 105 Å². The van der Waals surface area contributed by atoms with Gasteiger partial charge in [0.1, 0.15) is 6.33 Å². The Balaban J connectivity index is 2.00. The van der Waals surface area contributed by atoms with Crippen molar-refractivity contribution in [2.45, 2.75) is 6.42 Å². The quantitative estimate of drug-likeness (QED) is 0.811. The van der Waals surface area contributed by atoms with Gasteiger partial charge in [-0.3, -0.25) is 9.36 Å². The van der Waals surface area contributed by atoms with Gasteiger partial charge in [0.25, 0.3) is 0 Å². The summed E-state index contributed by atoms with van der Waals surface area (Å²) in [6.07, 6.45) is 4.08. The predicted octanol–water partition coefficient (Wildman–Crippen LogP) is 0.451. The summed E-state index contributed by atoms with van der Waals surface area (Å²) in [4.78, 5) is 23.7. The lowest BCUT2D eigenvalue weighted by Crippen LogP contribution is -2.02. The van der Waals surface area contributed by atoms with Gasteiger partial charge >= 0.3 is 5.97 Å². The minimum absolute atomic E-state index is 0.106. The standard InChI is InChI=1S/C12H13N5O3/c1-19-10-8-9(15-12(13)16-10)17(5-14-8)4-6-3-7(6)11(18)20-2/h4-5,7H,3H2,1-2H3,(H2,13,15,16)/b6-4-. The highest BCUT2D eigenvalue weighted by molar-refractivity contribution is 5.84. The Morgan fingerprint density at radius 1 is 1.50 bits per heavy atom. The van der Waals surface area contributed by atoms with Crippen molar-refractivity contribution in [1.82, 2.24) is 19.5 Å². The molecule has 2 N–H and O–H groups in total. The molecule has 3 rings (SSSR count). The molecule has 2 aromatic heterocycles. The zero-order valence-corrected chi connectivity index (χ0v) is 11.0. The maximum Gasteiger partial charge on any atom is 0.313 e. The lowest BCUT2D eigenvalue weighted by molar-refractivity contribution is -0.141. The Kier molecular flexibility index (Phi) is 2.78. The van der Waals surface area contributed by atoms with Gasteiger partial charge in [-0.05, 0) is 12.0 Å². The van der Waals surface area contributed by atoms with Crippen LogP contribution < -0.4 is 10.5 Å². The van der Waals surface area contributed by atoms with Crippen LogP contribution in [0.15, 0.2) is 11.9 Å². The van der Waals surface area contributed by atoms with E-state index in [0.717, 1.165) is 5.57 Å². The van der Waals surface area contributed by atoms with Crippen molar-refractivity contribution in [3.63, 3.8) is 0 Å². The number of nitrogens with zero attached hydrogens (tertiary/aromatic N) is 4. The summed E-state index contributed by atoms with van der Waals surface area (Å²) in [7, 11) is 2.87.